The van der Waals surface area contributed by atoms with Crippen molar-refractivity contribution in [1.82, 2.24) is 4.57 Å². The molecule has 0 bridgehead atoms. The van der Waals surface area contributed by atoms with Crippen molar-refractivity contribution in [2.45, 2.75) is 43.9 Å². The number of thioether (sulfide) groups is 1. The van der Waals surface area contributed by atoms with Crippen molar-refractivity contribution in [3.63, 3.8) is 0 Å². The van der Waals surface area contributed by atoms with Crippen LogP contribution >= 0.6 is 23.1 Å². The van der Waals surface area contributed by atoms with Crippen LogP contribution in [0.25, 0.3) is 0 Å². The van der Waals surface area contributed by atoms with Gasteiger partial charge >= 0.3 is 0 Å². The molecule has 4 heteroatoms. The first-order chi connectivity index (χ1) is 10.7. The lowest BCUT2D eigenvalue weighted by molar-refractivity contribution is 0.643. The average Bonchev–Trinajstić information content (AvgIpc) is 2.84. The Morgan fingerprint density at radius 3 is 2.86 bits per heavy atom. The van der Waals surface area contributed by atoms with E-state index >= 15 is 0 Å². The molecule has 0 saturated heterocycles. The number of nitrogens with zero attached hydrogens (tertiary/aromatic N) is 2. The topological polar surface area (TPSA) is 17.3 Å². The molecular formula is C18H22N2S2. The molecule has 0 aliphatic heterocycles. The number of hydrogen-bond acceptors (Lipinski definition) is 3. The molecule has 1 aliphatic rings. The summed E-state index contributed by atoms with van der Waals surface area (Å²) in [6, 6.07) is 8.51. The number of benzene rings is 1. The van der Waals surface area contributed by atoms with Crippen LogP contribution in [0.3, 0.4) is 0 Å². The molecule has 2 nitrogen and oxygen atoms in total. The Morgan fingerprint density at radius 2 is 2.09 bits per heavy atom. The van der Waals surface area contributed by atoms with E-state index in [4.69, 9.17) is 4.99 Å². The third-order valence-electron chi connectivity index (χ3n) is 4.10. The summed E-state index contributed by atoms with van der Waals surface area (Å²) in [5, 5.41) is 0.870. The molecule has 2 aromatic rings. The molecule has 1 aromatic heterocycles. The van der Waals surface area contributed by atoms with E-state index in [0.717, 1.165) is 16.3 Å². The molecule has 0 unspecified atom stereocenters. The quantitative estimate of drug-likeness (QED) is 0.743. The molecule has 3 rings (SSSR count). The van der Waals surface area contributed by atoms with E-state index in [9.17, 15) is 0 Å². The van der Waals surface area contributed by atoms with Gasteiger partial charge in [0, 0.05) is 22.5 Å². The van der Waals surface area contributed by atoms with Crippen molar-refractivity contribution in [3.05, 3.63) is 56.8 Å². The Morgan fingerprint density at radius 1 is 1.32 bits per heavy atom. The number of hydrogen-bond donors (Lipinski definition) is 0. The number of aryl methyl sites for hydroxylation is 2. The second-order valence-corrected chi connectivity index (χ2v) is 7.77. The van der Waals surface area contributed by atoms with E-state index in [1.165, 1.54) is 46.7 Å². The van der Waals surface area contributed by atoms with Gasteiger partial charge in [-0.15, -0.1) is 11.3 Å². The Labute approximate surface area is 140 Å². The first-order valence-corrected chi connectivity index (χ1v) is 9.49. The number of fused-ring (bicyclic) bond motifs is 1. The summed E-state index contributed by atoms with van der Waals surface area (Å²) in [7, 11) is 2.14. The number of aromatic nitrogens is 1. The van der Waals surface area contributed by atoms with Crippen molar-refractivity contribution in [2.24, 2.45) is 12.0 Å². The second-order valence-electron chi connectivity index (χ2n) is 5.59. The highest BCUT2D eigenvalue weighted by molar-refractivity contribution is 8.03. The van der Waals surface area contributed by atoms with Crippen LogP contribution in [0.15, 0.2) is 45.8 Å². The summed E-state index contributed by atoms with van der Waals surface area (Å²) in [6.45, 7) is 6.34. The van der Waals surface area contributed by atoms with Crippen LogP contribution in [0.5, 0.6) is 0 Å². The summed E-state index contributed by atoms with van der Waals surface area (Å²) in [4.78, 5) is 8.65. The first-order valence-electron chi connectivity index (χ1n) is 7.86. The first kappa shape index (κ1) is 15.6. The van der Waals surface area contributed by atoms with Crippen molar-refractivity contribution >= 4 is 23.1 Å². The van der Waals surface area contributed by atoms with Crippen LogP contribution in [0.2, 0.25) is 0 Å². The molecule has 1 heterocycles. The fraction of sp³-hybridized carbons (Fsp3) is 0.389. The lowest BCUT2D eigenvalue weighted by Crippen LogP contribution is -2.14. The lowest BCUT2D eigenvalue weighted by atomic mass is 10.0. The van der Waals surface area contributed by atoms with Crippen LogP contribution in [0.1, 0.15) is 35.9 Å². The van der Waals surface area contributed by atoms with Gasteiger partial charge in [-0.1, -0.05) is 43.5 Å². The zero-order valence-corrected chi connectivity index (χ0v) is 14.9. The predicted octanol–water partition coefficient (Wildman–Crippen LogP) is 4.69. The maximum Gasteiger partial charge on any atom is 0.190 e. The van der Waals surface area contributed by atoms with Crippen molar-refractivity contribution in [2.75, 3.05) is 0 Å². The van der Waals surface area contributed by atoms with Gasteiger partial charge in [-0.2, -0.15) is 0 Å². The van der Waals surface area contributed by atoms with Crippen molar-refractivity contribution in [1.29, 1.82) is 0 Å². The number of rotatable bonds is 4. The maximum atomic E-state index is 4.78. The molecule has 116 valence electrons. The lowest BCUT2D eigenvalue weighted by Gasteiger charge is -2.11. The molecule has 1 aromatic carbocycles. The average molecular weight is 331 g/mol. The van der Waals surface area contributed by atoms with Crippen LogP contribution in [0, 0.1) is 0 Å². The molecule has 22 heavy (non-hydrogen) atoms. The molecule has 0 radical (unpaired) electrons. The summed E-state index contributed by atoms with van der Waals surface area (Å²) >= 11 is 3.51. The standard InChI is InChI=1S/C18H22N2S2/c1-4-14-9-5-7-11-16(14)21-13(2)19-18-20(3)15-10-6-8-12-17(15)22-18/h5,7,9,11H,2,4,6,8,10,12H2,1,3H3/b19-18+. The highest BCUT2D eigenvalue weighted by Gasteiger charge is 2.15. The molecule has 0 atom stereocenters. The summed E-state index contributed by atoms with van der Waals surface area (Å²) in [6.07, 6.45) is 6.05. The Kier molecular flexibility index (Phi) is 4.89. The van der Waals surface area contributed by atoms with E-state index < -0.39 is 0 Å². The fourth-order valence-corrected chi connectivity index (χ4v) is 5.03. The highest BCUT2D eigenvalue weighted by atomic mass is 32.2. The SMILES string of the molecule is C=C(/N=c1/sc2c(n1C)CCCC2)Sc1ccccc1CC. The largest absolute Gasteiger partial charge is 0.324 e. The summed E-state index contributed by atoms with van der Waals surface area (Å²) < 4.78 is 2.26. The Balaban J connectivity index is 1.86. The van der Waals surface area contributed by atoms with Crippen molar-refractivity contribution < 1.29 is 0 Å². The van der Waals surface area contributed by atoms with Gasteiger partial charge in [-0.05, 0) is 43.7 Å². The molecular weight excluding hydrogens is 308 g/mol. The molecule has 1 aliphatic carbocycles. The Bertz CT molecular complexity index is 753. The minimum absolute atomic E-state index is 0.870. The number of thiazole rings is 1. The van der Waals surface area contributed by atoms with Crippen molar-refractivity contribution in [3.8, 4) is 0 Å². The van der Waals surface area contributed by atoms with Gasteiger partial charge < -0.3 is 4.57 Å². The fourth-order valence-electron chi connectivity index (χ4n) is 2.87. The molecule has 0 N–H and O–H groups in total. The van der Waals surface area contributed by atoms with E-state index in [1.54, 1.807) is 11.8 Å². The van der Waals surface area contributed by atoms with Gasteiger partial charge in [-0.3, -0.25) is 0 Å². The third-order valence-corrected chi connectivity index (χ3v) is 6.28. The van der Waals surface area contributed by atoms with Gasteiger partial charge in [0.15, 0.2) is 4.80 Å². The van der Waals surface area contributed by atoms with E-state index in [-0.39, 0.29) is 0 Å². The third kappa shape index (κ3) is 3.23. The highest BCUT2D eigenvalue weighted by Crippen LogP contribution is 2.30. The zero-order valence-electron chi connectivity index (χ0n) is 13.3. The van der Waals surface area contributed by atoms with Crippen LogP contribution in [-0.4, -0.2) is 4.57 Å². The smallest absolute Gasteiger partial charge is 0.190 e. The summed E-state index contributed by atoms with van der Waals surface area (Å²) in [5.41, 5.74) is 2.83. The minimum atomic E-state index is 0.870. The van der Waals surface area contributed by atoms with Gasteiger partial charge in [0.2, 0.25) is 0 Å². The van der Waals surface area contributed by atoms with Crippen LogP contribution in [-0.2, 0) is 26.3 Å². The van der Waals surface area contributed by atoms with Gasteiger partial charge in [0.25, 0.3) is 0 Å². The zero-order chi connectivity index (χ0) is 15.5. The van der Waals surface area contributed by atoms with Gasteiger partial charge in [-0.25, -0.2) is 4.99 Å². The van der Waals surface area contributed by atoms with E-state index in [2.05, 4.69) is 49.4 Å². The molecule has 0 spiro atoms. The molecule has 0 fully saturated rings. The molecule has 0 saturated carbocycles. The molecule has 0 amide bonds. The van der Waals surface area contributed by atoms with Gasteiger partial charge in [0.05, 0.1) is 5.03 Å². The van der Waals surface area contributed by atoms with E-state index in [1.807, 2.05) is 11.3 Å². The van der Waals surface area contributed by atoms with Crippen LogP contribution in [0.4, 0.5) is 0 Å². The minimum Gasteiger partial charge on any atom is -0.324 e. The van der Waals surface area contributed by atoms with E-state index in [0.29, 0.717) is 0 Å². The summed E-state index contributed by atoms with van der Waals surface area (Å²) in [5.74, 6) is 0. The maximum absolute atomic E-state index is 4.78. The van der Waals surface area contributed by atoms with Gasteiger partial charge in [0.1, 0.15) is 0 Å². The monoisotopic (exact) mass is 330 g/mol. The second kappa shape index (κ2) is 6.88. The predicted molar refractivity (Wildman–Crippen MR) is 96.3 cm³/mol. The van der Waals surface area contributed by atoms with Crippen LogP contribution < -0.4 is 4.80 Å². The Hall–Kier alpha value is -1.26. The normalized spacial score (nSPS) is 14.9.